The highest BCUT2D eigenvalue weighted by molar-refractivity contribution is 5.19. The molecule has 16 heavy (non-hydrogen) atoms. The average molecular weight is 220 g/mol. The molecule has 0 aliphatic rings. The maximum absolute atomic E-state index is 2.18. The van der Waals surface area contributed by atoms with Gasteiger partial charge in [-0.1, -0.05) is 74.2 Å². The Morgan fingerprint density at radius 2 is 1.00 bits per heavy atom. The topological polar surface area (TPSA) is 0 Å². The zero-order valence-electron chi connectivity index (χ0n) is 11.9. The molecule has 0 saturated heterocycles. The lowest BCUT2D eigenvalue weighted by Crippen LogP contribution is -1.70. The van der Waals surface area contributed by atoms with Crippen molar-refractivity contribution < 1.29 is 0 Å². The van der Waals surface area contributed by atoms with E-state index in [0.29, 0.717) is 0 Å². The first-order valence-electron chi connectivity index (χ1n) is 6.22. The first-order chi connectivity index (χ1) is 7.62. The van der Waals surface area contributed by atoms with Crippen LogP contribution in [-0.2, 0) is 0 Å². The summed E-state index contributed by atoms with van der Waals surface area (Å²) in [6.45, 7) is 12.6. The SMILES string of the molecule is CC=CC.CCCC.Cc1ccc(C)cc1. The van der Waals surface area contributed by atoms with E-state index in [1.54, 1.807) is 0 Å². The molecule has 0 aromatic heterocycles. The highest BCUT2D eigenvalue weighted by atomic mass is 13.9. The van der Waals surface area contributed by atoms with Crippen LogP contribution < -0.4 is 0 Å². The van der Waals surface area contributed by atoms with Crippen molar-refractivity contribution in [1.29, 1.82) is 0 Å². The molecule has 0 unspecified atom stereocenters. The monoisotopic (exact) mass is 220 g/mol. The molecule has 92 valence electrons. The van der Waals surface area contributed by atoms with Gasteiger partial charge in [-0.2, -0.15) is 0 Å². The van der Waals surface area contributed by atoms with Crippen molar-refractivity contribution in [1.82, 2.24) is 0 Å². The fraction of sp³-hybridized carbons (Fsp3) is 0.500. The number of unbranched alkanes of at least 4 members (excludes halogenated alkanes) is 1. The molecule has 0 saturated carbocycles. The number of allylic oxidation sites excluding steroid dienone is 2. The summed E-state index contributed by atoms with van der Waals surface area (Å²) < 4.78 is 0. The zero-order valence-corrected chi connectivity index (χ0v) is 11.9. The Morgan fingerprint density at radius 3 is 1.12 bits per heavy atom. The summed E-state index contributed by atoms with van der Waals surface area (Å²) in [5, 5.41) is 0. The molecule has 0 fully saturated rings. The van der Waals surface area contributed by atoms with E-state index in [0.717, 1.165) is 0 Å². The lowest BCUT2D eigenvalue weighted by molar-refractivity contribution is 0.886. The molecule has 0 N–H and O–H groups in total. The molecule has 0 aliphatic carbocycles. The first kappa shape index (κ1) is 17.4. The second kappa shape index (κ2) is 14.0. The third-order valence-electron chi connectivity index (χ3n) is 2.05. The van der Waals surface area contributed by atoms with Gasteiger partial charge < -0.3 is 0 Å². The maximum Gasteiger partial charge on any atom is -0.0398 e. The van der Waals surface area contributed by atoms with Gasteiger partial charge in [-0.05, 0) is 27.7 Å². The van der Waals surface area contributed by atoms with Crippen molar-refractivity contribution in [3.63, 3.8) is 0 Å². The van der Waals surface area contributed by atoms with Gasteiger partial charge in [0.25, 0.3) is 0 Å². The molecule has 0 nitrogen and oxygen atoms in total. The van der Waals surface area contributed by atoms with Crippen LogP contribution in [0.5, 0.6) is 0 Å². The van der Waals surface area contributed by atoms with Crippen molar-refractivity contribution in [2.45, 2.75) is 54.4 Å². The third kappa shape index (κ3) is 15.4. The highest BCUT2D eigenvalue weighted by Crippen LogP contribution is 1.99. The summed E-state index contributed by atoms with van der Waals surface area (Å²) >= 11 is 0. The number of hydrogen-bond acceptors (Lipinski definition) is 0. The van der Waals surface area contributed by atoms with E-state index in [4.69, 9.17) is 0 Å². The lowest BCUT2D eigenvalue weighted by atomic mass is 10.2. The van der Waals surface area contributed by atoms with Crippen molar-refractivity contribution in [3.8, 4) is 0 Å². The Bertz CT molecular complexity index is 214. The molecule has 0 heterocycles. The molecule has 0 aliphatic heterocycles. The van der Waals surface area contributed by atoms with Gasteiger partial charge in [-0.3, -0.25) is 0 Å². The minimum atomic E-state index is 1.32. The smallest absolute Gasteiger partial charge is 0.0398 e. The predicted molar refractivity (Wildman–Crippen MR) is 77.0 cm³/mol. The molecule has 0 radical (unpaired) electrons. The molecular formula is C16H28. The van der Waals surface area contributed by atoms with E-state index in [1.807, 2.05) is 26.0 Å². The van der Waals surface area contributed by atoms with Crippen molar-refractivity contribution >= 4 is 0 Å². The number of hydrogen-bond donors (Lipinski definition) is 0. The second-order valence-electron chi connectivity index (χ2n) is 3.82. The minimum absolute atomic E-state index is 1.32. The Morgan fingerprint density at radius 1 is 0.750 bits per heavy atom. The molecule has 0 amide bonds. The van der Waals surface area contributed by atoms with Crippen LogP contribution in [0.2, 0.25) is 0 Å². The largest absolute Gasteiger partial charge is 0.0919 e. The van der Waals surface area contributed by atoms with Crippen LogP contribution >= 0.6 is 0 Å². The molecule has 1 aromatic carbocycles. The van der Waals surface area contributed by atoms with E-state index in [9.17, 15) is 0 Å². The highest BCUT2D eigenvalue weighted by Gasteiger charge is 1.79. The summed E-state index contributed by atoms with van der Waals surface area (Å²) in [4.78, 5) is 0. The fourth-order valence-electron chi connectivity index (χ4n) is 0.637. The van der Waals surface area contributed by atoms with E-state index < -0.39 is 0 Å². The van der Waals surface area contributed by atoms with Crippen molar-refractivity contribution in [3.05, 3.63) is 47.5 Å². The van der Waals surface area contributed by atoms with Gasteiger partial charge in [-0.25, -0.2) is 0 Å². The maximum atomic E-state index is 2.18. The second-order valence-corrected chi connectivity index (χ2v) is 3.82. The van der Waals surface area contributed by atoms with E-state index >= 15 is 0 Å². The van der Waals surface area contributed by atoms with Gasteiger partial charge in [-0.15, -0.1) is 0 Å². The van der Waals surface area contributed by atoms with Crippen LogP contribution in [0, 0.1) is 13.8 Å². The Hall–Kier alpha value is -1.04. The Kier molecular flexibility index (Phi) is 15.1. The van der Waals surface area contributed by atoms with Gasteiger partial charge in [0, 0.05) is 0 Å². The molecule has 0 spiro atoms. The van der Waals surface area contributed by atoms with Crippen LogP contribution in [0.3, 0.4) is 0 Å². The van der Waals surface area contributed by atoms with Gasteiger partial charge in [0.2, 0.25) is 0 Å². The lowest BCUT2D eigenvalue weighted by Gasteiger charge is -1.90. The first-order valence-corrected chi connectivity index (χ1v) is 6.22. The molecule has 0 heteroatoms. The quantitative estimate of drug-likeness (QED) is 0.533. The van der Waals surface area contributed by atoms with Crippen LogP contribution in [0.15, 0.2) is 36.4 Å². The Labute approximate surface area is 102 Å². The summed E-state index contributed by atoms with van der Waals surface area (Å²) in [5.74, 6) is 0. The minimum Gasteiger partial charge on any atom is -0.0919 e. The standard InChI is InChI=1S/C8H10.C4H10.C4H8/c1-7-3-5-8(2)6-4-7;2*1-3-4-2/h3-6H,1-2H3;3-4H2,1-2H3;3-4H,1-2H3. The van der Waals surface area contributed by atoms with E-state index in [-0.39, 0.29) is 0 Å². The molecule has 1 rings (SSSR count). The average Bonchev–Trinajstić information content (AvgIpc) is 2.33. The predicted octanol–water partition coefficient (Wildman–Crippen LogP) is 5.69. The molecule has 0 atom stereocenters. The van der Waals surface area contributed by atoms with Crippen molar-refractivity contribution in [2.24, 2.45) is 0 Å². The summed E-state index contributed by atoms with van der Waals surface area (Å²) in [5.41, 5.74) is 2.66. The molecule has 1 aromatic rings. The van der Waals surface area contributed by atoms with Gasteiger partial charge in [0.1, 0.15) is 0 Å². The third-order valence-corrected chi connectivity index (χ3v) is 2.05. The summed E-state index contributed by atoms with van der Waals surface area (Å²) in [6, 6.07) is 8.48. The fourth-order valence-corrected chi connectivity index (χ4v) is 0.637. The molecule has 0 bridgehead atoms. The number of rotatable bonds is 1. The van der Waals surface area contributed by atoms with Crippen LogP contribution in [0.4, 0.5) is 0 Å². The number of aryl methyl sites for hydroxylation is 2. The normalized spacial score (nSPS) is 8.88. The summed E-state index contributed by atoms with van der Waals surface area (Å²) in [6.07, 6.45) is 6.64. The van der Waals surface area contributed by atoms with Gasteiger partial charge in [0.05, 0.1) is 0 Å². The van der Waals surface area contributed by atoms with Crippen molar-refractivity contribution in [2.75, 3.05) is 0 Å². The van der Waals surface area contributed by atoms with Gasteiger partial charge in [0.15, 0.2) is 0 Å². The molecular weight excluding hydrogens is 192 g/mol. The van der Waals surface area contributed by atoms with Crippen LogP contribution in [-0.4, -0.2) is 0 Å². The van der Waals surface area contributed by atoms with E-state index in [2.05, 4.69) is 52.0 Å². The van der Waals surface area contributed by atoms with Crippen LogP contribution in [0.1, 0.15) is 51.7 Å². The van der Waals surface area contributed by atoms with Gasteiger partial charge >= 0.3 is 0 Å². The zero-order chi connectivity index (χ0) is 12.8. The van der Waals surface area contributed by atoms with Crippen LogP contribution in [0.25, 0.3) is 0 Å². The summed E-state index contributed by atoms with van der Waals surface area (Å²) in [7, 11) is 0. The Balaban J connectivity index is 0. The number of benzene rings is 1. The van der Waals surface area contributed by atoms with E-state index in [1.165, 1.54) is 24.0 Å².